The number of hydrogen-bond acceptors (Lipinski definition) is 3. The molecule has 2 rings (SSSR count). The molecule has 0 aliphatic carbocycles. The Kier molecular flexibility index (Phi) is 4.00. The van der Waals surface area contributed by atoms with Crippen LogP contribution in [0.25, 0.3) is 0 Å². The van der Waals surface area contributed by atoms with E-state index in [1.165, 1.54) is 31.2 Å². The molecule has 0 saturated carbocycles. The van der Waals surface area contributed by atoms with Crippen LogP contribution in [-0.2, 0) is 0 Å². The molecule has 1 amide bonds. The molecule has 0 aromatic heterocycles. The van der Waals surface area contributed by atoms with Gasteiger partial charge in [-0.05, 0) is 25.1 Å². The fraction of sp³-hybridized carbons (Fsp3) is 0.133. The van der Waals surface area contributed by atoms with E-state index in [4.69, 9.17) is 10.5 Å². The molecule has 0 saturated heterocycles. The highest BCUT2D eigenvalue weighted by Gasteiger charge is 2.17. The Balaban J connectivity index is 2.48. The molecule has 0 heterocycles. The third-order valence-electron chi connectivity index (χ3n) is 2.81. The standard InChI is InChI=1S/C15H14FNO3/c1-9(18)10-6-4-7-12(16)14(10)20-13-8-3-2-5-11(13)15(17)19/h2-9,18H,1H3,(H2,17,19)/t9-/m0/s1. The first-order valence-corrected chi connectivity index (χ1v) is 6.04. The maximum absolute atomic E-state index is 13.9. The zero-order chi connectivity index (χ0) is 14.7. The molecule has 5 heteroatoms. The Morgan fingerprint density at radius 2 is 1.95 bits per heavy atom. The topological polar surface area (TPSA) is 72.6 Å². The van der Waals surface area contributed by atoms with E-state index in [1.807, 2.05) is 0 Å². The van der Waals surface area contributed by atoms with Gasteiger partial charge in [-0.3, -0.25) is 4.79 Å². The number of rotatable bonds is 4. The van der Waals surface area contributed by atoms with E-state index in [0.717, 1.165) is 0 Å². The van der Waals surface area contributed by atoms with Gasteiger partial charge in [0.25, 0.3) is 5.91 Å². The molecule has 0 bridgehead atoms. The molecule has 0 aliphatic rings. The number of halogens is 1. The summed E-state index contributed by atoms with van der Waals surface area (Å²) >= 11 is 0. The second kappa shape index (κ2) is 5.71. The number of nitrogens with two attached hydrogens (primary N) is 1. The van der Waals surface area contributed by atoms with Crippen LogP contribution in [0, 0.1) is 5.82 Å². The number of primary amides is 1. The average Bonchev–Trinajstić information content (AvgIpc) is 2.41. The van der Waals surface area contributed by atoms with Gasteiger partial charge in [0.1, 0.15) is 5.75 Å². The Hall–Kier alpha value is -2.40. The normalized spacial score (nSPS) is 11.9. The van der Waals surface area contributed by atoms with Crippen molar-refractivity contribution in [3.05, 3.63) is 59.4 Å². The lowest BCUT2D eigenvalue weighted by atomic mass is 10.1. The lowest BCUT2D eigenvalue weighted by Gasteiger charge is -2.15. The molecule has 2 aromatic rings. The van der Waals surface area contributed by atoms with Gasteiger partial charge >= 0.3 is 0 Å². The van der Waals surface area contributed by atoms with E-state index in [1.54, 1.807) is 18.2 Å². The molecule has 2 aromatic carbocycles. The lowest BCUT2D eigenvalue weighted by Crippen LogP contribution is -2.12. The van der Waals surface area contributed by atoms with Crippen LogP contribution in [0.15, 0.2) is 42.5 Å². The van der Waals surface area contributed by atoms with Gasteiger partial charge in [0.05, 0.1) is 11.7 Å². The highest BCUT2D eigenvalue weighted by Crippen LogP contribution is 2.33. The highest BCUT2D eigenvalue weighted by atomic mass is 19.1. The van der Waals surface area contributed by atoms with Crippen LogP contribution < -0.4 is 10.5 Å². The van der Waals surface area contributed by atoms with Gasteiger partial charge in [-0.1, -0.05) is 24.3 Å². The van der Waals surface area contributed by atoms with Crippen LogP contribution in [0.4, 0.5) is 4.39 Å². The zero-order valence-corrected chi connectivity index (χ0v) is 10.8. The Morgan fingerprint density at radius 1 is 1.25 bits per heavy atom. The first kappa shape index (κ1) is 14.0. The minimum absolute atomic E-state index is 0.115. The minimum Gasteiger partial charge on any atom is -0.453 e. The summed E-state index contributed by atoms with van der Waals surface area (Å²) in [6.45, 7) is 1.50. The van der Waals surface area contributed by atoms with Gasteiger partial charge in [-0.15, -0.1) is 0 Å². The predicted molar refractivity (Wildman–Crippen MR) is 72.1 cm³/mol. The number of aliphatic hydroxyl groups is 1. The number of carbonyl (C=O) groups is 1. The summed E-state index contributed by atoms with van der Waals surface area (Å²) < 4.78 is 19.3. The quantitative estimate of drug-likeness (QED) is 0.901. The number of para-hydroxylation sites is 2. The first-order chi connectivity index (χ1) is 9.50. The Morgan fingerprint density at radius 3 is 2.60 bits per heavy atom. The zero-order valence-electron chi connectivity index (χ0n) is 10.8. The van der Waals surface area contributed by atoms with Gasteiger partial charge in [0.15, 0.2) is 11.6 Å². The molecular weight excluding hydrogens is 261 g/mol. The molecule has 104 valence electrons. The second-order valence-electron chi connectivity index (χ2n) is 4.30. The Bertz CT molecular complexity index is 641. The number of ether oxygens (including phenoxy) is 1. The van der Waals surface area contributed by atoms with E-state index >= 15 is 0 Å². The lowest BCUT2D eigenvalue weighted by molar-refractivity contribution is 0.0998. The van der Waals surface area contributed by atoms with E-state index in [0.29, 0.717) is 5.56 Å². The molecule has 0 radical (unpaired) electrons. The van der Waals surface area contributed by atoms with Crippen molar-refractivity contribution in [2.45, 2.75) is 13.0 Å². The van der Waals surface area contributed by atoms with E-state index < -0.39 is 17.8 Å². The molecule has 3 N–H and O–H groups in total. The third-order valence-corrected chi connectivity index (χ3v) is 2.81. The molecule has 0 fully saturated rings. The summed E-state index contributed by atoms with van der Waals surface area (Å²) in [7, 11) is 0. The highest BCUT2D eigenvalue weighted by molar-refractivity contribution is 5.95. The van der Waals surface area contributed by atoms with Crippen molar-refractivity contribution in [2.24, 2.45) is 5.73 Å². The number of benzene rings is 2. The van der Waals surface area contributed by atoms with Gasteiger partial charge < -0.3 is 15.6 Å². The molecule has 1 atom stereocenters. The van der Waals surface area contributed by atoms with Crippen molar-refractivity contribution >= 4 is 5.91 Å². The maximum Gasteiger partial charge on any atom is 0.252 e. The minimum atomic E-state index is -0.901. The van der Waals surface area contributed by atoms with Gasteiger partial charge in [0, 0.05) is 5.56 Å². The molecular formula is C15H14FNO3. The van der Waals surface area contributed by atoms with Gasteiger partial charge in [-0.2, -0.15) is 0 Å². The summed E-state index contributed by atoms with van der Waals surface area (Å²) in [5, 5.41) is 9.65. The van der Waals surface area contributed by atoms with Crippen molar-refractivity contribution in [1.29, 1.82) is 0 Å². The third kappa shape index (κ3) is 2.78. The smallest absolute Gasteiger partial charge is 0.252 e. The number of carbonyl (C=O) groups excluding carboxylic acids is 1. The summed E-state index contributed by atoms with van der Waals surface area (Å²) in [6.07, 6.45) is -0.901. The SMILES string of the molecule is C[C@H](O)c1cccc(F)c1Oc1ccccc1C(N)=O. The van der Waals surface area contributed by atoms with Gasteiger partial charge in [0.2, 0.25) is 0 Å². The monoisotopic (exact) mass is 275 g/mol. The van der Waals surface area contributed by atoms with Crippen LogP contribution in [0.3, 0.4) is 0 Å². The number of hydrogen-bond donors (Lipinski definition) is 2. The average molecular weight is 275 g/mol. The fourth-order valence-corrected chi connectivity index (χ4v) is 1.83. The summed E-state index contributed by atoms with van der Waals surface area (Å²) in [5.41, 5.74) is 5.68. The van der Waals surface area contributed by atoms with E-state index in [2.05, 4.69) is 0 Å². The number of amides is 1. The van der Waals surface area contributed by atoms with Crippen molar-refractivity contribution in [3.63, 3.8) is 0 Å². The summed E-state index contributed by atoms with van der Waals surface area (Å²) in [4.78, 5) is 11.3. The van der Waals surface area contributed by atoms with Crippen molar-refractivity contribution in [2.75, 3.05) is 0 Å². The first-order valence-electron chi connectivity index (χ1n) is 6.04. The van der Waals surface area contributed by atoms with E-state index in [-0.39, 0.29) is 17.1 Å². The maximum atomic E-state index is 13.9. The van der Waals surface area contributed by atoms with Crippen LogP contribution in [-0.4, -0.2) is 11.0 Å². The van der Waals surface area contributed by atoms with Gasteiger partial charge in [-0.25, -0.2) is 4.39 Å². The van der Waals surface area contributed by atoms with Crippen LogP contribution >= 0.6 is 0 Å². The summed E-state index contributed by atoms with van der Waals surface area (Å²) in [6, 6.07) is 10.5. The molecule has 4 nitrogen and oxygen atoms in total. The Labute approximate surface area is 115 Å². The largest absolute Gasteiger partial charge is 0.453 e. The van der Waals surface area contributed by atoms with Crippen LogP contribution in [0.2, 0.25) is 0 Å². The molecule has 0 spiro atoms. The predicted octanol–water partition coefficient (Wildman–Crippen LogP) is 2.77. The fourth-order valence-electron chi connectivity index (χ4n) is 1.83. The summed E-state index contributed by atoms with van der Waals surface area (Å²) in [5.74, 6) is -1.26. The van der Waals surface area contributed by atoms with Crippen molar-refractivity contribution < 1.29 is 19.0 Å². The second-order valence-corrected chi connectivity index (χ2v) is 4.30. The van der Waals surface area contributed by atoms with Crippen LogP contribution in [0.5, 0.6) is 11.5 Å². The van der Waals surface area contributed by atoms with Crippen LogP contribution in [0.1, 0.15) is 28.9 Å². The molecule has 0 unspecified atom stereocenters. The molecule has 0 aliphatic heterocycles. The van der Waals surface area contributed by atoms with Crippen molar-refractivity contribution in [3.8, 4) is 11.5 Å². The van der Waals surface area contributed by atoms with Crippen molar-refractivity contribution in [1.82, 2.24) is 0 Å². The molecule has 20 heavy (non-hydrogen) atoms. The van der Waals surface area contributed by atoms with E-state index in [9.17, 15) is 14.3 Å². The number of aliphatic hydroxyl groups excluding tert-OH is 1.